The molecule has 0 unspecified atom stereocenters. The van der Waals surface area contributed by atoms with Crippen molar-refractivity contribution >= 4 is 34.4 Å². The van der Waals surface area contributed by atoms with Gasteiger partial charge in [-0.05, 0) is 49.4 Å². The Morgan fingerprint density at radius 2 is 2.05 bits per heavy atom. The molecule has 0 saturated heterocycles. The zero-order valence-corrected chi connectivity index (χ0v) is 12.9. The minimum absolute atomic E-state index is 0.105. The normalized spacial score (nSPS) is 21.5. The van der Waals surface area contributed by atoms with Gasteiger partial charge in [-0.15, -0.1) is 0 Å². The fourth-order valence-corrected chi connectivity index (χ4v) is 3.03. The third kappa shape index (κ3) is 3.22. The van der Waals surface area contributed by atoms with Crippen molar-refractivity contribution in [2.24, 2.45) is 0 Å². The second-order valence-corrected chi connectivity index (χ2v) is 5.82. The fraction of sp³-hybridized carbons (Fsp3) is 0.400. The van der Waals surface area contributed by atoms with Gasteiger partial charge < -0.3 is 15.6 Å². The number of fused-ring (bicyclic) bond motifs is 1. The lowest BCUT2D eigenvalue weighted by Gasteiger charge is -2.29. The van der Waals surface area contributed by atoms with Crippen LogP contribution >= 0.6 is 11.6 Å². The largest absolute Gasteiger partial charge is 0.365 e. The van der Waals surface area contributed by atoms with Crippen molar-refractivity contribution in [3.05, 3.63) is 30.2 Å². The number of nitrogens with zero attached hydrogens (tertiary/aromatic N) is 2. The number of hydrogen-bond donors (Lipinski definition) is 3. The van der Waals surface area contributed by atoms with Crippen molar-refractivity contribution in [2.45, 2.75) is 37.8 Å². The summed E-state index contributed by atoms with van der Waals surface area (Å²) in [6, 6.07) is 2.41. The van der Waals surface area contributed by atoms with Gasteiger partial charge in [0.25, 0.3) is 0 Å². The summed E-state index contributed by atoms with van der Waals surface area (Å²) in [5, 5.41) is 6.63. The number of H-pyrrole nitrogens is 1. The van der Waals surface area contributed by atoms with Crippen molar-refractivity contribution in [3.8, 4) is 0 Å². The number of aromatic nitrogens is 3. The maximum Gasteiger partial charge on any atom is 0.243 e. The maximum atomic E-state index is 11.3. The minimum Gasteiger partial charge on any atom is -0.365 e. The number of amides is 1. The van der Waals surface area contributed by atoms with Gasteiger partial charge in [0, 0.05) is 18.3 Å². The van der Waals surface area contributed by atoms with Gasteiger partial charge in [0.15, 0.2) is 5.82 Å². The highest BCUT2D eigenvalue weighted by molar-refractivity contribution is 6.28. The Morgan fingerprint density at radius 1 is 1.32 bits per heavy atom. The van der Waals surface area contributed by atoms with Crippen molar-refractivity contribution in [1.82, 2.24) is 20.3 Å². The summed E-state index contributed by atoms with van der Waals surface area (Å²) in [4.78, 5) is 22.9. The number of aromatic amines is 1. The molecule has 1 fully saturated rings. The molecule has 7 heteroatoms. The minimum atomic E-state index is -0.105. The number of carbonyl (C=O) groups excluding carboxylic acids is 1. The van der Waals surface area contributed by atoms with Gasteiger partial charge in [-0.2, -0.15) is 4.98 Å². The van der Waals surface area contributed by atoms with Crippen LogP contribution in [0, 0.1) is 0 Å². The van der Waals surface area contributed by atoms with Gasteiger partial charge in [-0.1, -0.05) is 6.58 Å². The SMILES string of the molecule is C=CC(=O)NC1CCC(Nc2nc(Cl)nc3cc[nH]c23)CC1. The summed E-state index contributed by atoms with van der Waals surface area (Å²) in [5.41, 5.74) is 1.67. The summed E-state index contributed by atoms with van der Waals surface area (Å²) < 4.78 is 0. The number of carbonyl (C=O) groups is 1. The molecule has 2 heterocycles. The topological polar surface area (TPSA) is 82.7 Å². The van der Waals surface area contributed by atoms with Crippen LogP contribution in [0.5, 0.6) is 0 Å². The van der Waals surface area contributed by atoms with Crippen LogP contribution in [0.1, 0.15) is 25.7 Å². The molecule has 2 aromatic rings. The molecule has 2 aromatic heterocycles. The molecule has 0 radical (unpaired) electrons. The van der Waals surface area contributed by atoms with Crippen molar-refractivity contribution < 1.29 is 4.79 Å². The van der Waals surface area contributed by atoms with Crippen LogP contribution in [0.15, 0.2) is 24.9 Å². The molecule has 1 amide bonds. The predicted molar refractivity (Wildman–Crippen MR) is 86.9 cm³/mol. The number of hydrogen-bond acceptors (Lipinski definition) is 4. The van der Waals surface area contributed by atoms with E-state index in [1.165, 1.54) is 6.08 Å². The molecule has 0 spiro atoms. The Balaban J connectivity index is 1.63. The summed E-state index contributed by atoms with van der Waals surface area (Å²) in [6.07, 6.45) is 6.93. The molecule has 0 atom stereocenters. The van der Waals surface area contributed by atoms with Crippen molar-refractivity contribution in [3.63, 3.8) is 0 Å². The highest BCUT2D eigenvalue weighted by Crippen LogP contribution is 2.25. The van der Waals surface area contributed by atoms with E-state index in [2.05, 4.69) is 32.2 Å². The summed E-state index contributed by atoms with van der Waals surface area (Å²) in [6.45, 7) is 3.47. The van der Waals surface area contributed by atoms with Gasteiger partial charge in [-0.3, -0.25) is 4.79 Å². The first kappa shape index (κ1) is 14.8. The molecule has 22 heavy (non-hydrogen) atoms. The maximum absolute atomic E-state index is 11.3. The molecular weight excluding hydrogens is 302 g/mol. The molecule has 116 valence electrons. The van der Waals surface area contributed by atoms with E-state index in [-0.39, 0.29) is 17.2 Å². The van der Waals surface area contributed by atoms with Crippen LogP contribution < -0.4 is 10.6 Å². The molecule has 6 nitrogen and oxygen atoms in total. The molecule has 1 saturated carbocycles. The molecule has 0 aromatic carbocycles. The third-order valence-electron chi connectivity index (χ3n) is 3.98. The first-order valence-electron chi connectivity index (χ1n) is 7.36. The average molecular weight is 320 g/mol. The lowest BCUT2D eigenvalue weighted by molar-refractivity contribution is -0.117. The Bertz CT molecular complexity index is 690. The molecule has 1 aliphatic carbocycles. The number of halogens is 1. The first-order chi connectivity index (χ1) is 10.7. The molecular formula is C15H18ClN5O. The Labute approximate surface area is 133 Å². The summed E-state index contributed by atoms with van der Waals surface area (Å²) in [7, 11) is 0. The second-order valence-electron chi connectivity index (χ2n) is 5.48. The number of nitrogens with one attached hydrogen (secondary N) is 3. The molecule has 0 bridgehead atoms. The summed E-state index contributed by atoms with van der Waals surface area (Å²) >= 11 is 5.96. The van der Waals surface area contributed by atoms with Crippen LogP contribution in [0.25, 0.3) is 11.0 Å². The quantitative estimate of drug-likeness (QED) is 0.597. The Hall–Kier alpha value is -2.08. The first-order valence-corrected chi connectivity index (χ1v) is 7.73. The smallest absolute Gasteiger partial charge is 0.243 e. The molecule has 3 rings (SSSR count). The second kappa shape index (κ2) is 6.36. The zero-order valence-electron chi connectivity index (χ0n) is 12.1. The van der Waals surface area contributed by atoms with E-state index in [1.54, 1.807) is 0 Å². The van der Waals surface area contributed by atoms with E-state index in [4.69, 9.17) is 11.6 Å². The van der Waals surface area contributed by atoms with Crippen LogP contribution in [0.3, 0.4) is 0 Å². The third-order valence-corrected chi connectivity index (χ3v) is 4.15. The monoisotopic (exact) mass is 319 g/mol. The van der Waals surface area contributed by atoms with Gasteiger partial charge in [-0.25, -0.2) is 4.98 Å². The molecule has 0 aliphatic heterocycles. The van der Waals surface area contributed by atoms with Gasteiger partial charge in [0.1, 0.15) is 5.52 Å². The Morgan fingerprint density at radius 3 is 2.77 bits per heavy atom. The van der Waals surface area contributed by atoms with Gasteiger partial charge in [0.05, 0.1) is 5.52 Å². The standard InChI is InChI=1S/C15H18ClN5O/c1-2-12(22)18-9-3-5-10(6-4-9)19-14-13-11(7-8-17-13)20-15(16)21-14/h2,7-10,17H,1,3-6H2,(H,18,22)(H,19,20,21). The van der Waals surface area contributed by atoms with Crippen LogP contribution in [-0.2, 0) is 4.79 Å². The van der Waals surface area contributed by atoms with Crippen molar-refractivity contribution in [1.29, 1.82) is 0 Å². The van der Waals surface area contributed by atoms with Gasteiger partial charge in [0.2, 0.25) is 11.2 Å². The fourth-order valence-electron chi connectivity index (χ4n) is 2.86. The van der Waals surface area contributed by atoms with Crippen molar-refractivity contribution in [2.75, 3.05) is 5.32 Å². The predicted octanol–water partition coefficient (Wildman–Crippen LogP) is 2.64. The Kier molecular flexibility index (Phi) is 4.29. The number of anilines is 1. The van der Waals surface area contributed by atoms with Gasteiger partial charge >= 0.3 is 0 Å². The lowest BCUT2D eigenvalue weighted by atomic mass is 9.91. The van der Waals surface area contributed by atoms with Crippen LogP contribution in [0.4, 0.5) is 5.82 Å². The van der Waals surface area contributed by atoms with E-state index in [9.17, 15) is 4.79 Å². The summed E-state index contributed by atoms with van der Waals surface area (Å²) in [5.74, 6) is 0.630. The average Bonchev–Trinajstić information content (AvgIpc) is 2.97. The van der Waals surface area contributed by atoms with E-state index >= 15 is 0 Å². The van der Waals surface area contributed by atoms with Crippen LogP contribution in [-0.4, -0.2) is 32.9 Å². The van der Waals surface area contributed by atoms with E-state index < -0.39 is 0 Å². The van der Waals surface area contributed by atoms with E-state index in [0.29, 0.717) is 6.04 Å². The zero-order chi connectivity index (χ0) is 15.5. The molecule has 1 aliphatic rings. The van der Waals surface area contributed by atoms with Crippen LogP contribution in [0.2, 0.25) is 5.28 Å². The van der Waals surface area contributed by atoms with E-state index in [0.717, 1.165) is 42.5 Å². The number of rotatable bonds is 4. The highest BCUT2D eigenvalue weighted by atomic mass is 35.5. The van der Waals surface area contributed by atoms with E-state index in [1.807, 2.05) is 12.3 Å². The highest BCUT2D eigenvalue weighted by Gasteiger charge is 2.23. The lowest BCUT2D eigenvalue weighted by Crippen LogP contribution is -2.39. The molecule has 3 N–H and O–H groups in total.